The van der Waals surface area contributed by atoms with Crippen LogP contribution in [-0.4, -0.2) is 42.0 Å². The summed E-state index contributed by atoms with van der Waals surface area (Å²) in [5.74, 6) is 0.532. The molecular weight excluding hydrogens is 252 g/mol. The summed E-state index contributed by atoms with van der Waals surface area (Å²) in [5.41, 5.74) is 0.229. The number of aromatic nitrogens is 2. The molecule has 0 bridgehead atoms. The molecule has 0 aromatic carbocycles. The molecule has 7 heteroatoms. The van der Waals surface area contributed by atoms with E-state index in [1.807, 2.05) is 11.0 Å². The number of hydrogen-bond acceptors (Lipinski definition) is 6. The molecule has 6 nitrogen and oxygen atoms in total. The van der Waals surface area contributed by atoms with Gasteiger partial charge in [-0.3, -0.25) is 0 Å². The van der Waals surface area contributed by atoms with Gasteiger partial charge in [-0.2, -0.15) is 5.26 Å². The van der Waals surface area contributed by atoms with Gasteiger partial charge in [-0.1, -0.05) is 0 Å². The van der Waals surface area contributed by atoms with E-state index in [2.05, 4.69) is 9.97 Å². The molecule has 1 aliphatic heterocycles. The lowest BCUT2D eigenvalue weighted by Crippen LogP contribution is -2.53. The molecule has 0 atom stereocenters. The predicted molar refractivity (Wildman–Crippen MR) is 66.8 cm³/mol. The lowest BCUT2D eigenvalue weighted by atomic mass is 10.2. The lowest BCUT2D eigenvalue weighted by Gasteiger charge is -2.38. The summed E-state index contributed by atoms with van der Waals surface area (Å²) in [6.07, 6.45) is 2.96. The van der Waals surface area contributed by atoms with E-state index in [9.17, 15) is 8.42 Å². The third-order valence-electron chi connectivity index (χ3n) is 3.13. The molecule has 18 heavy (non-hydrogen) atoms. The number of rotatable bonds is 1. The summed E-state index contributed by atoms with van der Waals surface area (Å²) in [6.45, 7) is 4.05. The van der Waals surface area contributed by atoms with Gasteiger partial charge in [0.1, 0.15) is 6.07 Å². The van der Waals surface area contributed by atoms with Crippen molar-refractivity contribution in [1.29, 1.82) is 5.26 Å². The van der Waals surface area contributed by atoms with E-state index in [0.29, 0.717) is 18.9 Å². The highest BCUT2D eigenvalue weighted by Gasteiger charge is 2.41. The highest BCUT2D eigenvalue weighted by atomic mass is 32.2. The summed E-state index contributed by atoms with van der Waals surface area (Å²) >= 11 is 0. The van der Waals surface area contributed by atoms with Crippen molar-refractivity contribution in [2.24, 2.45) is 0 Å². The standard InChI is InChI=1S/C11H14N4O2S/c1-11(2)8-15(5-6-18(11,16)17)10-9(7-12)13-3-4-14-10/h3-4H,5-6,8H2,1-2H3. The van der Waals surface area contributed by atoms with Crippen LogP contribution in [0.4, 0.5) is 5.82 Å². The molecule has 0 N–H and O–H groups in total. The molecule has 2 heterocycles. The van der Waals surface area contributed by atoms with Crippen LogP contribution in [0.3, 0.4) is 0 Å². The second-order valence-electron chi connectivity index (χ2n) is 4.84. The molecule has 1 aliphatic rings. The van der Waals surface area contributed by atoms with E-state index in [-0.39, 0.29) is 11.4 Å². The van der Waals surface area contributed by atoms with Gasteiger partial charge in [-0.25, -0.2) is 18.4 Å². The SMILES string of the molecule is CC1(C)CN(c2nccnc2C#N)CCS1(=O)=O. The van der Waals surface area contributed by atoms with Crippen LogP contribution in [0, 0.1) is 11.3 Å². The Balaban J connectivity index is 2.36. The van der Waals surface area contributed by atoms with Gasteiger partial charge < -0.3 is 4.90 Å². The first kappa shape index (κ1) is 12.8. The average Bonchev–Trinajstić information content (AvgIpc) is 2.33. The van der Waals surface area contributed by atoms with Crippen LogP contribution in [0.5, 0.6) is 0 Å². The predicted octanol–water partition coefficient (Wildman–Crippen LogP) is 0.362. The van der Waals surface area contributed by atoms with Gasteiger partial charge in [0.2, 0.25) is 0 Å². The molecular formula is C11H14N4O2S. The van der Waals surface area contributed by atoms with Gasteiger partial charge in [-0.15, -0.1) is 0 Å². The number of sulfone groups is 1. The third-order valence-corrected chi connectivity index (χ3v) is 5.66. The highest BCUT2D eigenvalue weighted by molar-refractivity contribution is 7.92. The molecule has 96 valence electrons. The second-order valence-corrected chi connectivity index (χ2v) is 7.58. The zero-order chi connectivity index (χ0) is 13.4. The Hall–Kier alpha value is -1.68. The first-order valence-corrected chi connectivity index (χ1v) is 7.21. The van der Waals surface area contributed by atoms with E-state index < -0.39 is 14.6 Å². The Morgan fingerprint density at radius 1 is 1.39 bits per heavy atom. The van der Waals surface area contributed by atoms with Crippen molar-refractivity contribution in [3.05, 3.63) is 18.1 Å². The molecule has 0 aliphatic carbocycles. The van der Waals surface area contributed by atoms with E-state index >= 15 is 0 Å². The molecule has 1 aromatic rings. The minimum atomic E-state index is -3.09. The third kappa shape index (κ3) is 2.04. The van der Waals surface area contributed by atoms with Gasteiger partial charge in [0.15, 0.2) is 21.3 Å². The maximum Gasteiger partial charge on any atom is 0.183 e. The Kier molecular flexibility index (Phi) is 2.99. The minimum absolute atomic E-state index is 0.0709. The van der Waals surface area contributed by atoms with Crippen molar-refractivity contribution in [2.75, 3.05) is 23.7 Å². The maximum absolute atomic E-state index is 11.9. The van der Waals surface area contributed by atoms with Crippen LogP contribution in [0.2, 0.25) is 0 Å². The average molecular weight is 266 g/mol. The highest BCUT2D eigenvalue weighted by Crippen LogP contribution is 2.27. The van der Waals surface area contributed by atoms with Crippen LogP contribution in [-0.2, 0) is 9.84 Å². The van der Waals surface area contributed by atoms with Crippen molar-refractivity contribution in [2.45, 2.75) is 18.6 Å². The first-order chi connectivity index (χ1) is 8.37. The molecule has 1 saturated heterocycles. The van der Waals surface area contributed by atoms with E-state index in [0.717, 1.165) is 0 Å². The monoisotopic (exact) mass is 266 g/mol. The Morgan fingerprint density at radius 3 is 2.67 bits per heavy atom. The lowest BCUT2D eigenvalue weighted by molar-refractivity contribution is 0.521. The molecule has 0 unspecified atom stereocenters. The van der Waals surface area contributed by atoms with Crippen molar-refractivity contribution in [3.8, 4) is 6.07 Å². The largest absolute Gasteiger partial charge is 0.352 e. The zero-order valence-corrected chi connectivity index (χ0v) is 11.1. The number of hydrogen-bond donors (Lipinski definition) is 0. The number of anilines is 1. The normalized spacial score (nSPS) is 21.3. The molecule has 1 fully saturated rings. The van der Waals surface area contributed by atoms with Crippen LogP contribution in [0.1, 0.15) is 19.5 Å². The van der Waals surface area contributed by atoms with Crippen LogP contribution < -0.4 is 4.90 Å². The van der Waals surface area contributed by atoms with E-state index in [1.165, 1.54) is 12.4 Å². The second kappa shape index (κ2) is 4.21. The van der Waals surface area contributed by atoms with Crippen LogP contribution in [0.25, 0.3) is 0 Å². The molecule has 0 radical (unpaired) electrons. The molecule has 0 saturated carbocycles. The number of nitriles is 1. The summed E-state index contributed by atoms with van der Waals surface area (Å²) in [6, 6.07) is 1.98. The van der Waals surface area contributed by atoms with Gasteiger partial charge in [0.25, 0.3) is 0 Å². The maximum atomic E-state index is 11.9. The molecule has 0 amide bonds. The van der Waals surface area contributed by atoms with Gasteiger partial charge >= 0.3 is 0 Å². The molecule has 0 spiro atoms. The fourth-order valence-electron chi connectivity index (χ4n) is 1.97. The smallest absolute Gasteiger partial charge is 0.183 e. The van der Waals surface area contributed by atoms with Crippen LogP contribution >= 0.6 is 0 Å². The Morgan fingerprint density at radius 2 is 2.06 bits per heavy atom. The van der Waals surface area contributed by atoms with E-state index in [4.69, 9.17) is 5.26 Å². The van der Waals surface area contributed by atoms with Crippen molar-refractivity contribution >= 4 is 15.7 Å². The van der Waals surface area contributed by atoms with Crippen molar-refractivity contribution < 1.29 is 8.42 Å². The van der Waals surface area contributed by atoms with Crippen LogP contribution in [0.15, 0.2) is 12.4 Å². The van der Waals surface area contributed by atoms with Crippen molar-refractivity contribution in [3.63, 3.8) is 0 Å². The molecule has 2 rings (SSSR count). The quantitative estimate of drug-likeness (QED) is 0.729. The Labute approximate surface area is 106 Å². The summed E-state index contributed by atoms with van der Waals surface area (Å²) in [4.78, 5) is 9.89. The summed E-state index contributed by atoms with van der Waals surface area (Å²) in [5, 5.41) is 8.98. The van der Waals surface area contributed by atoms with Gasteiger partial charge in [-0.05, 0) is 13.8 Å². The number of nitrogens with zero attached hydrogens (tertiary/aromatic N) is 4. The fraction of sp³-hybridized carbons (Fsp3) is 0.545. The summed E-state index contributed by atoms with van der Waals surface area (Å²) < 4.78 is 23.0. The topological polar surface area (TPSA) is 86.9 Å². The zero-order valence-electron chi connectivity index (χ0n) is 10.3. The van der Waals surface area contributed by atoms with Gasteiger partial charge in [0.05, 0.1) is 10.5 Å². The minimum Gasteiger partial charge on any atom is -0.352 e. The Bertz CT molecular complexity index is 604. The van der Waals surface area contributed by atoms with E-state index in [1.54, 1.807) is 13.8 Å². The van der Waals surface area contributed by atoms with Gasteiger partial charge in [0, 0.05) is 25.5 Å². The fourth-order valence-corrected chi connectivity index (χ4v) is 3.33. The first-order valence-electron chi connectivity index (χ1n) is 5.56. The summed E-state index contributed by atoms with van der Waals surface area (Å²) in [7, 11) is -3.09. The molecule has 1 aromatic heterocycles. The van der Waals surface area contributed by atoms with Crippen molar-refractivity contribution in [1.82, 2.24) is 9.97 Å².